The number of amides is 1. The van der Waals surface area contributed by atoms with Crippen molar-refractivity contribution >= 4 is 5.91 Å². The number of piperidine rings is 1. The fourth-order valence-electron chi connectivity index (χ4n) is 2.69. The second-order valence-electron chi connectivity index (χ2n) is 5.79. The number of carbonyl (C=O) groups excluding carboxylic acids is 1. The van der Waals surface area contributed by atoms with Crippen LogP contribution < -0.4 is 5.73 Å². The third-order valence-corrected chi connectivity index (χ3v) is 4.18. The Morgan fingerprint density at radius 3 is 3.00 bits per heavy atom. The van der Waals surface area contributed by atoms with Crippen LogP contribution in [0.25, 0.3) is 0 Å². The number of likely N-dealkylation sites (tertiary alicyclic amines) is 1. The lowest BCUT2D eigenvalue weighted by Gasteiger charge is -2.37. The van der Waals surface area contributed by atoms with Gasteiger partial charge in [0.1, 0.15) is 5.76 Å². The topological polar surface area (TPSA) is 62.7 Å². The summed E-state index contributed by atoms with van der Waals surface area (Å²) in [7, 11) is 1.82. The van der Waals surface area contributed by atoms with E-state index in [1.54, 1.807) is 11.2 Å². The van der Waals surface area contributed by atoms with Crippen LogP contribution in [0.3, 0.4) is 0 Å². The highest BCUT2D eigenvalue weighted by molar-refractivity contribution is 5.78. The van der Waals surface area contributed by atoms with Gasteiger partial charge in [0.05, 0.1) is 19.4 Å². The first-order chi connectivity index (χ1) is 9.60. The van der Waals surface area contributed by atoms with E-state index < -0.39 is 0 Å². The zero-order chi connectivity index (χ0) is 14.5. The molecule has 0 spiro atoms. The number of hydrogen-bond donors (Lipinski definition) is 1. The largest absolute Gasteiger partial charge is 0.467 e. The zero-order valence-electron chi connectivity index (χ0n) is 12.4. The minimum Gasteiger partial charge on any atom is -0.467 e. The highest BCUT2D eigenvalue weighted by atomic mass is 16.3. The van der Waals surface area contributed by atoms with Crippen LogP contribution in [0.5, 0.6) is 0 Å². The molecule has 2 rings (SSSR count). The first-order valence-electron chi connectivity index (χ1n) is 7.30. The van der Waals surface area contributed by atoms with Crippen molar-refractivity contribution in [3.63, 3.8) is 0 Å². The number of nitrogens with two attached hydrogens (primary N) is 1. The molecule has 2 unspecified atom stereocenters. The molecule has 1 aliphatic heterocycles. The van der Waals surface area contributed by atoms with E-state index in [0.717, 1.165) is 18.7 Å². The van der Waals surface area contributed by atoms with Gasteiger partial charge in [0.25, 0.3) is 0 Å². The molecule has 2 heterocycles. The molecule has 0 aromatic carbocycles. The van der Waals surface area contributed by atoms with Crippen molar-refractivity contribution in [3.05, 3.63) is 24.2 Å². The maximum Gasteiger partial charge on any atom is 0.236 e. The van der Waals surface area contributed by atoms with Crippen molar-refractivity contribution in [3.8, 4) is 0 Å². The number of hydrogen-bond acceptors (Lipinski definition) is 4. The highest BCUT2D eigenvalue weighted by Crippen LogP contribution is 2.21. The summed E-state index contributed by atoms with van der Waals surface area (Å²) in [6.45, 7) is 4.81. The lowest BCUT2D eigenvalue weighted by molar-refractivity contribution is -0.133. The minimum absolute atomic E-state index is 0.130. The van der Waals surface area contributed by atoms with Gasteiger partial charge in [-0.2, -0.15) is 0 Å². The van der Waals surface area contributed by atoms with Crippen molar-refractivity contribution in [2.24, 2.45) is 11.7 Å². The highest BCUT2D eigenvalue weighted by Gasteiger charge is 2.27. The molecule has 0 bridgehead atoms. The first kappa shape index (κ1) is 15.1. The molecule has 2 atom stereocenters. The number of carbonyl (C=O) groups is 1. The maximum absolute atomic E-state index is 12.3. The summed E-state index contributed by atoms with van der Waals surface area (Å²) in [6.07, 6.45) is 3.92. The summed E-state index contributed by atoms with van der Waals surface area (Å²) in [4.78, 5) is 16.3. The van der Waals surface area contributed by atoms with Crippen LogP contribution in [-0.2, 0) is 11.3 Å². The van der Waals surface area contributed by atoms with Crippen LogP contribution in [0.15, 0.2) is 22.8 Å². The summed E-state index contributed by atoms with van der Waals surface area (Å²) < 4.78 is 5.28. The Morgan fingerprint density at radius 1 is 1.55 bits per heavy atom. The zero-order valence-corrected chi connectivity index (χ0v) is 12.4. The van der Waals surface area contributed by atoms with E-state index >= 15 is 0 Å². The molecule has 20 heavy (non-hydrogen) atoms. The van der Waals surface area contributed by atoms with E-state index in [4.69, 9.17) is 10.2 Å². The minimum atomic E-state index is 0.130. The van der Waals surface area contributed by atoms with Gasteiger partial charge in [-0.1, -0.05) is 0 Å². The summed E-state index contributed by atoms with van der Waals surface area (Å²) >= 11 is 0. The Labute approximate surface area is 120 Å². The normalized spacial score (nSPS) is 23.8. The molecule has 0 radical (unpaired) electrons. The predicted octanol–water partition coefficient (Wildman–Crippen LogP) is 1.30. The van der Waals surface area contributed by atoms with Gasteiger partial charge in [-0.15, -0.1) is 0 Å². The number of rotatable bonds is 5. The van der Waals surface area contributed by atoms with Crippen LogP contribution in [0, 0.1) is 5.92 Å². The predicted molar refractivity (Wildman–Crippen MR) is 78.0 cm³/mol. The SMILES string of the molecule is CC1CCC(CN)CN1CC(=O)N(C)Cc1ccco1. The standard InChI is InChI=1S/C15H25N3O2/c1-12-5-6-13(8-16)9-18(12)11-15(19)17(2)10-14-4-3-7-20-14/h3-4,7,12-13H,5-6,8-11,16H2,1-2H3. The summed E-state index contributed by atoms with van der Waals surface area (Å²) in [5.74, 6) is 1.47. The Hall–Kier alpha value is -1.33. The van der Waals surface area contributed by atoms with Crippen molar-refractivity contribution in [2.45, 2.75) is 32.4 Å². The lowest BCUT2D eigenvalue weighted by atomic mass is 9.93. The molecule has 5 heteroatoms. The Bertz CT molecular complexity index is 419. The van der Waals surface area contributed by atoms with Crippen molar-refractivity contribution in [1.29, 1.82) is 0 Å². The van der Waals surface area contributed by atoms with E-state index in [9.17, 15) is 4.79 Å². The van der Waals surface area contributed by atoms with Crippen LogP contribution >= 0.6 is 0 Å². The maximum atomic E-state index is 12.3. The number of furan rings is 1. The van der Waals surface area contributed by atoms with Gasteiger partial charge in [-0.3, -0.25) is 9.69 Å². The quantitative estimate of drug-likeness (QED) is 0.882. The molecule has 5 nitrogen and oxygen atoms in total. The van der Waals surface area contributed by atoms with Crippen molar-refractivity contribution in [2.75, 3.05) is 26.7 Å². The van der Waals surface area contributed by atoms with Gasteiger partial charge in [-0.25, -0.2) is 0 Å². The van der Waals surface area contributed by atoms with Crippen LogP contribution in [0.4, 0.5) is 0 Å². The molecular weight excluding hydrogens is 254 g/mol. The first-order valence-corrected chi connectivity index (χ1v) is 7.30. The van der Waals surface area contributed by atoms with Crippen molar-refractivity contribution < 1.29 is 9.21 Å². The van der Waals surface area contributed by atoms with Gasteiger partial charge in [0.15, 0.2) is 0 Å². The van der Waals surface area contributed by atoms with Gasteiger partial charge in [0, 0.05) is 19.6 Å². The van der Waals surface area contributed by atoms with Gasteiger partial charge >= 0.3 is 0 Å². The molecule has 2 N–H and O–H groups in total. The number of likely N-dealkylation sites (N-methyl/N-ethyl adjacent to an activating group) is 1. The Morgan fingerprint density at radius 2 is 2.35 bits per heavy atom. The van der Waals surface area contributed by atoms with Crippen molar-refractivity contribution in [1.82, 2.24) is 9.80 Å². The van der Waals surface area contributed by atoms with Crippen LogP contribution in [-0.4, -0.2) is 48.4 Å². The van der Waals surface area contributed by atoms with Crippen LogP contribution in [0.1, 0.15) is 25.5 Å². The average Bonchev–Trinajstić information content (AvgIpc) is 2.94. The summed E-state index contributed by atoms with van der Waals surface area (Å²) in [5.41, 5.74) is 5.76. The molecule has 1 aromatic heterocycles. The van der Waals surface area contributed by atoms with Crippen LogP contribution in [0.2, 0.25) is 0 Å². The van der Waals surface area contributed by atoms with E-state index in [0.29, 0.717) is 31.6 Å². The summed E-state index contributed by atoms with van der Waals surface area (Å²) in [6, 6.07) is 4.18. The molecule has 0 aliphatic carbocycles. The monoisotopic (exact) mass is 279 g/mol. The molecule has 1 amide bonds. The molecule has 112 valence electrons. The van der Waals surface area contributed by atoms with E-state index in [-0.39, 0.29) is 5.91 Å². The fourth-order valence-corrected chi connectivity index (χ4v) is 2.69. The van der Waals surface area contributed by atoms with E-state index in [1.165, 1.54) is 6.42 Å². The molecule has 0 saturated carbocycles. The Balaban J connectivity index is 1.86. The Kier molecular flexibility index (Phi) is 5.20. The second-order valence-corrected chi connectivity index (χ2v) is 5.79. The van der Waals surface area contributed by atoms with Gasteiger partial charge in [0.2, 0.25) is 5.91 Å². The lowest BCUT2D eigenvalue weighted by Crippen LogP contribution is -2.48. The van der Waals surface area contributed by atoms with Gasteiger partial charge < -0.3 is 15.1 Å². The smallest absolute Gasteiger partial charge is 0.236 e. The number of nitrogens with zero attached hydrogens (tertiary/aromatic N) is 2. The molecule has 1 aliphatic rings. The fraction of sp³-hybridized carbons (Fsp3) is 0.667. The molecule has 1 fully saturated rings. The third-order valence-electron chi connectivity index (χ3n) is 4.18. The van der Waals surface area contributed by atoms with E-state index in [1.807, 2.05) is 19.2 Å². The molecular formula is C15H25N3O2. The second kappa shape index (κ2) is 6.90. The third kappa shape index (κ3) is 3.84. The molecule has 1 saturated heterocycles. The van der Waals surface area contributed by atoms with Gasteiger partial charge in [-0.05, 0) is 44.4 Å². The summed E-state index contributed by atoms with van der Waals surface area (Å²) in [5, 5.41) is 0. The van der Waals surface area contributed by atoms with E-state index in [2.05, 4.69) is 11.8 Å². The molecule has 1 aromatic rings. The average molecular weight is 279 g/mol.